The van der Waals surface area contributed by atoms with Crippen LogP contribution < -0.4 is 5.32 Å². The SMILES string of the molecule is CN1CCCC(CC(=O)O)(NCc2ccccc2)CC1. The minimum Gasteiger partial charge on any atom is -0.481 e. The Hall–Kier alpha value is -1.39. The number of hydrogen-bond donors (Lipinski definition) is 2. The van der Waals surface area contributed by atoms with Crippen LogP contribution in [0.3, 0.4) is 0 Å². The summed E-state index contributed by atoms with van der Waals surface area (Å²) >= 11 is 0. The molecule has 0 amide bonds. The molecule has 2 rings (SSSR count). The average Bonchev–Trinajstić information content (AvgIpc) is 2.60. The zero-order valence-electron chi connectivity index (χ0n) is 12.1. The number of hydrogen-bond acceptors (Lipinski definition) is 3. The third-order valence-electron chi connectivity index (χ3n) is 4.17. The molecule has 1 atom stereocenters. The van der Waals surface area contributed by atoms with Crippen LogP contribution in [0.4, 0.5) is 0 Å². The molecule has 0 aromatic heterocycles. The third kappa shape index (κ3) is 4.32. The Labute approximate surface area is 120 Å². The predicted molar refractivity (Wildman–Crippen MR) is 79.6 cm³/mol. The van der Waals surface area contributed by atoms with Crippen molar-refractivity contribution in [3.63, 3.8) is 0 Å². The summed E-state index contributed by atoms with van der Waals surface area (Å²) in [6.07, 6.45) is 3.07. The lowest BCUT2D eigenvalue weighted by Crippen LogP contribution is -2.47. The van der Waals surface area contributed by atoms with Gasteiger partial charge in [-0.2, -0.15) is 0 Å². The summed E-state index contributed by atoms with van der Waals surface area (Å²) in [6.45, 7) is 2.74. The second kappa shape index (κ2) is 6.86. The van der Waals surface area contributed by atoms with Gasteiger partial charge in [0.05, 0.1) is 6.42 Å². The van der Waals surface area contributed by atoms with E-state index in [2.05, 4.69) is 29.4 Å². The molecule has 1 aromatic carbocycles. The van der Waals surface area contributed by atoms with E-state index in [1.165, 1.54) is 5.56 Å². The summed E-state index contributed by atoms with van der Waals surface area (Å²) in [5.74, 6) is -0.713. The second-order valence-electron chi connectivity index (χ2n) is 5.85. The largest absolute Gasteiger partial charge is 0.481 e. The molecule has 2 N–H and O–H groups in total. The van der Waals surface area contributed by atoms with Gasteiger partial charge in [-0.3, -0.25) is 4.79 Å². The van der Waals surface area contributed by atoms with Crippen molar-refractivity contribution in [1.29, 1.82) is 0 Å². The van der Waals surface area contributed by atoms with Crippen molar-refractivity contribution in [2.45, 2.75) is 37.8 Å². The summed E-state index contributed by atoms with van der Waals surface area (Å²) in [7, 11) is 2.11. The highest BCUT2D eigenvalue weighted by atomic mass is 16.4. The molecule has 110 valence electrons. The quantitative estimate of drug-likeness (QED) is 0.865. The maximum absolute atomic E-state index is 11.2. The van der Waals surface area contributed by atoms with Gasteiger partial charge in [0.25, 0.3) is 0 Å². The first-order chi connectivity index (χ1) is 9.60. The fourth-order valence-corrected chi connectivity index (χ4v) is 2.92. The number of aliphatic carboxylic acids is 1. The highest BCUT2D eigenvalue weighted by Crippen LogP contribution is 2.26. The number of nitrogens with one attached hydrogen (secondary N) is 1. The van der Waals surface area contributed by atoms with Crippen molar-refractivity contribution in [2.75, 3.05) is 20.1 Å². The van der Waals surface area contributed by atoms with Crippen molar-refractivity contribution in [3.8, 4) is 0 Å². The van der Waals surface area contributed by atoms with Crippen LogP contribution in [0.2, 0.25) is 0 Å². The summed E-state index contributed by atoms with van der Waals surface area (Å²) < 4.78 is 0. The lowest BCUT2D eigenvalue weighted by atomic mass is 9.86. The first kappa shape index (κ1) is 15.0. The topological polar surface area (TPSA) is 52.6 Å². The molecule has 0 radical (unpaired) electrons. The number of carboxylic acid groups (broad SMARTS) is 1. The van der Waals surface area contributed by atoms with Crippen molar-refractivity contribution >= 4 is 5.97 Å². The molecule has 1 heterocycles. The average molecular weight is 276 g/mol. The van der Waals surface area contributed by atoms with E-state index >= 15 is 0 Å². The van der Waals surface area contributed by atoms with Gasteiger partial charge in [-0.05, 0) is 45.0 Å². The lowest BCUT2D eigenvalue weighted by Gasteiger charge is -2.33. The minimum atomic E-state index is -0.713. The van der Waals surface area contributed by atoms with Gasteiger partial charge in [-0.25, -0.2) is 0 Å². The monoisotopic (exact) mass is 276 g/mol. The Morgan fingerprint density at radius 2 is 2.05 bits per heavy atom. The van der Waals surface area contributed by atoms with Gasteiger partial charge < -0.3 is 15.3 Å². The van der Waals surface area contributed by atoms with Gasteiger partial charge in [0.1, 0.15) is 0 Å². The number of benzene rings is 1. The van der Waals surface area contributed by atoms with E-state index in [0.717, 1.165) is 38.9 Å². The van der Waals surface area contributed by atoms with E-state index in [1.54, 1.807) is 0 Å². The first-order valence-corrected chi connectivity index (χ1v) is 7.29. The van der Waals surface area contributed by atoms with E-state index in [1.807, 2.05) is 18.2 Å². The summed E-state index contributed by atoms with van der Waals surface area (Å²) in [5.41, 5.74) is 0.932. The Morgan fingerprint density at radius 3 is 2.75 bits per heavy atom. The van der Waals surface area contributed by atoms with Gasteiger partial charge in [0.2, 0.25) is 0 Å². The van der Waals surface area contributed by atoms with Crippen LogP contribution in [0, 0.1) is 0 Å². The van der Waals surface area contributed by atoms with Gasteiger partial charge in [-0.15, -0.1) is 0 Å². The predicted octanol–water partition coefficient (Wildman–Crippen LogP) is 2.11. The zero-order valence-corrected chi connectivity index (χ0v) is 12.1. The van der Waals surface area contributed by atoms with Gasteiger partial charge in [0.15, 0.2) is 0 Å². The standard InChI is InChI=1S/C16H24N2O2/c1-18-10-5-8-16(9-11-18,12-15(19)20)17-13-14-6-3-2-4-7-14/h2-4,6-7,17H,5,8-13H2,1H3,(H,19,20). The molecular weight excluding hydrogens is 252 g/mol. The van der Waals surface area contributed by atoms with E-state index < -0.39 is 5.97 Å². The van der Waals surface area contributed by atoms with Crippen molar-refractivity contribution < 1.29 is 9.90 Å². The molecule has 1 saturated heterocycles. The van der Waals surface area contributed by atoms with Gasteiger partial charge in [-0.1, -0.05) is 30.3 Å². The Balaban J connectivity index is 2.04. The molecule has 1 unspecified atom stereocenters. The van der Waals surface area contributed by atoms with E-state index in [0.29, 0.717) is 0 Å². The van der Waals surface area contributed by atoms with Crippen LogP contribution in [0.1, 0.15) is 31.2 Å². The van der Waals surface area contributed by atoms with E-state index in [9.17, 15) is 9.90 Å². The normalized spacial score (nSPS) is 24.2. The number of likely N-dealkylation sites (tertiary alicyclic amines) is 1. The van der Waals surface area contributed by atoms with Crippen LogP contribution in [0.5, 0.6) is 0 Å². The lowest BCUT2D eigenvalue weighted by molar-refractivity contribution is -0.139. The molecule has 0 saturated carbocycles. The van der Waals surface area contributed by atoms with Crippen LogP contribution >= 0.6 is 0 Å². The second-order valence-corrected chi connectivity index (χ2v) is 5.85. The molecule has 1 aliphatic heterocycles. The fraction of sp³-hybridized carbons (Fsp3) is 0.562. The maximum Gasteiger partial charge on any atom is 0.305 e. The highest BCUT2D eigenvalue weighted by molar-refractivity contribution is 5.68. The summed E-state index contributed by atoms with van der Waals surface area (Å²) in [5, 5.41) is 12.8. The highest BCUT2D eigenvalue weighted by Gasteiger charge is 2.33. The molecule has 0 spiro atoms. The first-order valence-electron chi connectivity index (χ1n) is 7.29. The molecule has 1 aliphatic rings. The zero-order chi connectivity index (χ0) is 14.4. The van der Waals surface area contributed by atoms with Crippen molar-refractivity contribution in [3.05, 3.63) is 35.9 Å². The van der Waals surface area contributed by atoms with E-state index in [-0.39, 0.29) is 12.0 Å². The molecule has 1 aromatic rings. The van der Waals surface area contributed by atoms with Gasteiger partial charge >= 0.3 is 5.97 Å². The van der Waals surface area contributed by atoms with Crippen molar-refractivity contribution in [2.24, 2.45) is 0 Å². The summed E-state index contributed by atoms with van der Waals surface area (Å²) in [4.78, 5) is 13.5. The van der Waals surface area contributed by atoms with Crippen molar-refractivity contribution in [1.82, 2.24) is 10.2 Å². The van der Waals surface area contributed by atoms with Crippen LogP contribution in [0.25, 0.3) is 0 Å². The van der Waals surface area contributed by atoms with Gasteiger partial charge in [0, 0.05) is 12.1 Å². The number of nitrogens with zero attached hydrogens (tertiary/aromatic N) is 1. The molecule has 20 heavy (non-hydrogen) atoms. The molecule has 0 bridgehead atoms. The Kier molecular flexibility index (Phi) is 5.15. The smallest absolute Gasteiger partial charge is 0.305 e. The number of carbonyl (C=O) groups is 1. The molecule has 4 heteroatoms. The molecule has 4 nitrogen and oxygen atoms in total. The Morgan fingerprint density at radius 1 is 1.30 bits per heavy atom. The molecule has 1 fully saturated rings. The number of carboxylic acids is 1. The molecular formula is C16H24N2O2. The third-order valence-corrected chi connectivity index (χ3v) is 4.17. The molecule has 0 aliphatic carbocycles. The van der Waals surface area contributed by atoms with Crippen LogP contribution in [0.15, 0.2) is 30.3 Å². The van der Waals surface area contributed by atoms with Crippen LogP contribution in [-0.4, -0.2) is 41.7 Å². The maximum atomic E-state index is 11.2. The van der Waals surface area contributed by atoms with Crippen LogP contribution in [-0.2, 0) is 11.3 Å². The fourth-order valence-electron chi connectivity index (χ4n) is 2.92. The van der Waals surface area contributed by atoms with E-state index in [4.69, 9.17) is 0 Å². The Bertz CT molecular complexity index is 435. The minimum absolute atomic E-state index is 0.202. The summed E-state index contributed by atoms with van der Waals surface area (Å²) in [6, 6.07) is 10.2. The number of rotatable bonds is 5.